The molecule has 0 aliphatic rings. The van der Waals surface area contributed by atoms with Gasteiger partial charge in [0.1, 0.15) is 0 Å². The van der Waals surface area contributed by atoms with Gasteiger partial charge in [-0.25, -0.2) is 0 Å². The summed E-state index contributed by atoms with van der Waals surface area (Å²) in [4.78, 5) is 11.9. The van der Waals surface area contributed by atoms with E-state index in [2.05, 4.69) is 67.7 Å². The van der Waals surface area contributed by atoms with Crippen molar-refractivity contribution in [3.8, 4) is 0 Å². The molecule has 144 valence electrons. The zero-order valence-corrected chi connectivity index (χ0v) is 17.1. The summed E-state index contributed by atoms with van der Waals surface area (Å²) in [5.74, 6) is -1.10. The molecule has 0 heterocycles. The lowest BCUT2D eigenvalue weighted by Crippen LogP contribution is -2.15. The second-order valence-electron chi connectivity index (χ2n) is 6.23. The highest BCUT2D eigenvalue weighted by atomic mass is 32.1. The largest absolute Gasteiger partial charge is 0.481 e. The highest BCUT2D eigenvalue weighted by Crippen LogP contribution is 2.13. The van der Waals surface area contributed by atoms with Crippen molar-refractivity contribution in [3.63, 3.8) is 0 Å². The third-order valence-electron chi connectivity index (χ3n) is 3.72. The van der Waals surface area contributed by atoms with Gasteiger partial charge in [0.2, 0.25) is 0 Å². The van der Waals surface area contributed by atoms with Crippen LogP contribution < -0.4 is 0 Å². The van der Waals surface area contributed by atoms with Crippen LogP contribution in [0.3, 0.4) is 0 Å². The van der Waals surface area contributed by atoms with E-state index in [1.54, 1.807) is 0 Å². The average molecular weight is 375 g/mol. The van der Waals surface area contributed by atoms with Crippen LogP contribution in [0.1, 0.15) is 65.2 Å². The first kappa shape index (κ1) is 24.3. The van der Waals surface area contributed by atoms with Gasteiger partial charge in [-0.05, 0) is 63.2 Å². The predicted molar refractivity (Wildman–Crippen MR) is 118 cm³/mol. The Labute approximate surface area is 165 Å². The molecule has 0 saturated carbocycles. The Morgan fingerprint density at radius 2 is 1.27 bits per heavy atom. The molecule has 0 saturated heterocycles. The Hall–Kier alpha value is -1.74. The Bertz CT molecular complexity index is 524. The molecule has 0 amide bonds. The predicted octanol–water partition coefficient (Wildman–Crippen LogP) is 7.00. The number of carboxylic acid groups (broad SMARTS) is 1. The summed E-state index contributed by atoms with van der Waals surface area (Å²) in [5.41, 5.74) is 0. The normalized spacial score (nSPS) is 13.8. The zero-order valence-electron chi connectivity index (χ0n) is 16.3. The molecule has 0 bridgehead atoms. The van der Waals surface area contributed by atoms with Gasteiger partial charge >= 0.3 is 5.97 Å². The fraction of sp³-hybridized carbons (Fsp3) is 0.478. The first-order valence-corrected chi connectivity index (χ1v) is 9.96. The molecule has 1 atom stereocenters. The number of carboxylic acids is 1. The van der Waals surface area contributed by atoms with Crippen molar-refractivity contribution in [2.45, 2.75) is 65.2 Å². The lowest BCUT2D eigenvalue weighted by atomic mass is 9.98. The van der Waals surface area contributed by atoms with Crippen LogP contribution in [0.5, 0.6) is 0 Å². The van der Waals surface area contributed by atoms with E-state index in [-0.39, 0.29) is 5.92 Å². The molecule has 0 spiro atoms. The smallest absolute Gasteiger partial charge is 0.306 e. The molecule has 0 radical (unpaired) electrons. The average Bonchev–Trinajstić information content (AvgIpc) is 2.59. The molecular weight excluding hydrogens is 340 g/mol. The minimum atomic E-state index is -0.749. The van der Waals surface area contributed by atoms with Crippen LogP contribution in [0.15, 0.2) is 60.8 Å². The second kappa shape index (κ2) is 18.1. The van der Waals surface area contributed by atoms with Crippen molar-refractivity contribution < 1.29 is 9.90 Å². The molecule has 0 aromatic carbocycles. The molecule has 0 aromatic rings. The maximum Gasteiger partial charge on any atom is 0.306 e. The molecule has 0 aliphatic carbocycles. The van der Waals surface area contributed by atoms with E-state index in [0.29, 0.717) is 12.8 Å². The van der Waals surface area contributed by atoms with Crippen LogP contribution in [0.25, 0.3) is 0 Å². The Balaban J connectivity index is 3.75. The molecule has 26 heavy (non-hydrogen) atoms. The number of allylic oxidation sites excluding steroid dienone is 10. The number of hydrogen-bond donors (Lipinski definition) is 1. The van der Waals surface area contributed by atoms with Crippen LogP contribution in [-0.4, -0.2) is 15.9 Å². The van der Waals surface area contributed by atoms with Crippen molar-refractivity contribution in [2.24, 2.45) is 5.92 Å². The summed E-state index contributed by atoms with van der Waals surface area (Å²) in [6.45, 7) is 3.95. The van der Waals surface area contributed by atoms with Crippen molar-refractivity contribution >= 4 is 23.1 Å². The maximum absolute atomic E-state index is 11.1. The summed E-state index contributed by atoms with van der Waals surface area (Å²) in [5, 5.41) is 9.14. The van der Waals surface area contributed by atoms with E-state index >= 15 is 0 Å². The van der Waals surface area contributed by atoms with Crippen LogP contribution in [0, 0.1) is 5.92 Å². The van der Waals surface area contributed by atoms with Gasteiger partial charge in [-0.15, -0.1) is 0 Å². The zero-order chi connectivity index (χ0) is 19.5. The number of thiocarbonyl (C=S) groups is 1. The summed E-state index contributed by atoms with van der Waals surface area (Å²) in [6.07, 6.45) is 28.5. The Morgan fingerprint density at radius 3 is 1.65 bits per heavy atom. The van der Waals surface area contributed by atoms with E-state index in [0.717, 1.165) is 43.4 Å². The van der Waals surface area contributed by atoms with E-state index in [1.165, 1.54) is 0 Å². The quantitative estimate of drug-likeness (QED) is 0.248. The van der Waals surface area contributed by atoms with Gasteiger partial charge in [-0.1, -0.05) is 79.9 Å². The highest BCUT2D eigenvalue weighted by Gasteiger charge is 2.16. The summed E-state index contributed by atoms with van der Waals surface area (Å²) >= 11 is 5.00. The second-order valence-corrected chi connectivity index (χ2v) is 6.92. The topological polar surface area (TPSA) is 37.3 Å². The number of hydrogen-bond acceptors (Lipinski definition) is 2. The molecule has 0 aliphatic heterocycles. The lowest BCUT2D eigenvalue weighted by molar-refractivity contribution is -0.141. The minimum Gasteiger partial charge on any atom is -0.481 e. The highest BCUT2D eigenvalue weighted by molar-refractivity contribution is 7.80. The van der Waals surface area contributed by atoms with Crippen molar-refractivity contribution in [2.75, 3.05) is 0 Å². The first-order valence-electron chi connectivity index (χ1n) is 9.55. The monoisotopic (exact) mass is 374 g/mol. The van der Waals surface area contributed by atoms with Crippen molar-refractivity contribution in [3.05, 3.63) is 60.8 Å². The molecule has 2 nitrogen and oxygen atoms in total. The number of carbonyl (C=O) groups is 1. The van der Waals surface area contributed by atoms with E-state index in [9.17, 15) is 4.79 Å². The van der Waals surface area contributed by atoms with Gasteiger partial charge < -0.3 is 5.11 Å². The maximum atomic E-state index is 11.1. The van der Waals surface area contributed by atoms with Crippen LogP contribution >= 0.6 is 12.2 Å². The third-order valence-corrected chi connectivity index (χ3v) is 3.89. The van der Waals surface area contributed by atoms with Gasteiger partial charge in [-0.3, -0.25) is 4.79 Å². The Kier molecular flexibility index (Phi) is 16.9. The summed E-state index contributed by atoms with van der Waals surface area (Å²) in [6, 6.07) is 0. The number of aliphatic carboxylic acids is 1. The van der Waals surface area contributed by atoms with E-state index < -0.39 is 5.97 Å². The first-order chi connectivity index (χ1) is 12.6. The van der Waals surface area contributed by atoms with Crippen LogP contribution in [-0.2, 0) is 4.79 Å². The minimum absolute atomic E-state index is 0.352. The summed E-state index contributed by atoms with van der Waals surface area (Å²) in [7, 11) is 0. The molecule has 0 fully saturated rings. The fourth-order valence-corrected chi connectivity index (χ4v) is 2.53. The third kappa shape index (κ3) is 17.1. The molecule has 0 rings (SSSR count). The molecule has 0 aromatic heterocycles. The fourth-order valence-electron chi connectivity index (χ4n) is 2.33. The number of rotatable bonds is 15. The van der Waals surface area contributed by atoms with Crippen LogP contribution in [0.4, 0.5) is 0 Å². The Morgan fingerprint density at radius 1 is 0.846 bits per heavy atom. The molecular formula is C23H34O2S. The van der Waals surface area contributed by atoms with E-state index in [1.807, 2.05) is 6.92 Å². The van der Waals surface area contributed by atoms with Crippen molar-refractivity contribution in [1.29, 1.82) is 0 Å². The van der Waals surface area contributed by atoms with Crippen molar-refractivity contribution in [1.82, 2.24) is 0 Å². The lowest BCUT2D eigenvalue weighted by Gasteiger charge is -2.09. The SMILES string of the molecule is CC/C=C\C/C=C\C/C=C\C/C=C\C/C=C\CCC(CC(C)=S)C(=O)O. The molecule has 3 heteroatoms. The van der Waals surface area contributed by atoms with Gasteiger partial charge in [0.05, 0.1) is 5.92 Å². The van der Waals surface area contributed by atoms with Gasteiger partial charge in [0, 0.05) is 0 Å². The van der Waals surface area contributed by atoms with E-state index in [4.69, 9.17) is 17.3 Å². The molecule has 1 unspecified atom stereocenters. The van der Waals surface area contributed by atoms with Crippen LogP contribution in [0.2, 0.25) is 0 Å². The van der Waals surface area contributed by atoms with Gasteiger partial charge in [0.25, 0.3) is 0 Å². The summed E-state index contributed by atoms with van der Waals surface area (Å²) < 4.78 is 0. The van der Waals surface area contributed by atoms with Gasteiger partial charge in [0.15, 0.2) is 0 Å². The van der Waals surface area contributed by atoms with Gasteiger partial charge in [-0.2, -0.15) is 0 Å². The molecule has 1 N–H and O–H groups in total. The standard InChI is InChI=1S/C23H34O2S/c1-3-4-5-6-7-8-9-10-11-12-13-14-15-16-17-18-19-22(23(24)25)20-21(2)26/h4-5,7-8,10-11,13-14,16-17,22H,3,6,9,12,15,18-20H2,1-2H3,(H,24,25)/b5-4-,8-7-,11-10-,14-13-,17-16-.